The number of nitrogens with zero attached hydrogens (tertiary/aromatic N) is 1. The molecule has 1 atom stereocenters. The Kier molecular flexibility index (Phi) is 4.08. The lowest BCUT2D eigenvalue weighted by Gasteiger charge is -2.35. The molecule has 0 bridgehead atoms. The Morgan fingerprint density at radius 3 is 2.80 bits per heavy atom. The lowest BCUT2D eigenvalue weighted by atomic mass is 10.1. The summed E-state index contributed by atoms with van der Waals surface area (Å²) in [6.45, 7) is 5.83. The van der Waals surface area contributed by atoms with Crippen molar-refractivity contribution in [2.24, 2.45) is 11.7 Å². The highest BCUT2D eigenvalue weighted by molar-refractivity contribution is 5.88. The minimum atomic E-state index is -0.344. The normalized spacial score (nSPS) is 20.4. The molecule has 2 amide bonds. The fourth-order valence-electron chi connectivity index (χ4n) is 1.37. The largest absolute Gasteiger partial charge is 0.356 e. The standard InChI is InChI=1S/C10H19N3O2/c1-7(2)5-12-9(14)3-4-13-6-8(11)10(13)15/h7-8H,3-6,11H2,1-2H3,(H,12,14). The zero-order valence-electron chi connectivity index (χ0n) is 9.32. The van der Waals surface area contributed by atoms with Gasteiger partial charge in [-0.05, 0) is 5.92 Å². The maximum Gasteiger partial charge on any atom is 0.241 e. The van der Waals surface area contributed by atoms with Crippen molar-refractivity contribution >= 4 is 11.8 Å². The summed E-state index contributed by atoms with van der Waals surface area (Å²) in [4.78, 5) is 24.0. The van der Waals surface area contributed by atoms with Crippen LogP contribution in [0, 0.1) is 5.92 Å². The van der Waals surface area contributed by atoms with Crippen molar-refractivity contribution in [3.8, 4) is 0 Å². The van der Waals surface area contributed by atoms with Gasteiger partial charge in [0.25, 0.3) is 0 Å². The van der Waals surface area contributed by atoms with E-state index in [2.05, 4.69) is 5.32 Å². The van der Waals surface area contributed by atoms with E-state index in [0.29, 0.717) is 32.0 Å². The van der Waals surface area contributed by atoms with Crippen LogP contribution in [0.4, 0.5) is 0 Å². The fourth-order valence-corrected chi connectivity index (χ4v) is 1.37. The third kappa shape index (κ3) is 3.51. The Labute approximate surface area is 90.0 Å². The van der Waals surface area contributed by atoms with Gasteiger partial charge in [-0.2, -0.15) is 0 Å². The van der Waals surface area contributed by atoms with E-state index >= 15 is 0 Å². The summed E-state index contributed by atoms with van der Waals surface area (Å²) < 4.78 is 0. The molecule has 1 aliphatic heterocycles. The van der Waals surface area contributed by atoms with Crippen LogP contribution in [0.5, 0.6) is 0 Å². The van der Waals surface area contributed by atoms with Crippen molar-refractivity contribution < 1.29 is 9.59 Å². The van der Waals surface area contributed by atoms with Crippen LogP contribution in [-0.4, -0.2) is 42.4 Å². The number of nitrogens with one attached hydrogen (secondary N) is 1. The van der Waals surface area contributed by atoms with Gasteiger partial charge in [0, 0.05) is 26.1 Å². The van der Waals surface area contributed by atoms with Crippen LogP contribution < -0.4 is 11.1 Å². The molecule has 5 nitrogen and oxygen atoms in total. The van der Waals surface area contributed by atoms with Gasteiger partial charge in [0.2, 0.25) is 11.8 Å². The number of rotatable bonds is 5. The number of hydrogen-bond acceptors (Lipinski definition) is 3. The lowest BCUT2D eigenvalue weighted by molar-refractivity contribution is -0.142. The van der Waals surface area contributed by atoms with Crippen molar-refractivity contribution in [2.45, 2.75) is 26.3 Å². The highest BCUT2D eigenvalue weighted by atomic mass is 16.2. The first-order valence-corrected chi connectivity index (χ1v) is 5.31. The Bertz CT molecular complexity index is 253. The molecule has 1 heterocycles. The van der Waals surface area contributed by atoms with Gasteiger partial charge in [0.05, 0.1) is 0 Å². The number of carbonyl (C=O) groups is 2. The molecule has 0 saturated carbocycles. The molecule has 1 rings (SSSR count). The maximum absolute atomic E-state index is 11.3. The van der Waals surface area contributed by atoms with E-state index in [-0.39, 0.29) is 17.9 Å². The fraction of sp³-hybridized carbons (Fsp3) is 0.800. The minimum Gasteiger partial charge on any atom is -0.356 e. The Balaban J connectivity index is 2.10. The van der Waals surface area contributed by atoms with Crippen molar-refractivity contribution in [2.75, 3.05) is 19.6 Å². The quantitative estimate of drug-likeness (QED) is 0.594. The molecular formula is C10H19N3O2. The second kappa shape index (κ2) is 5.11. The van der Waals surface area contributed by atoms with Crippen molar-refractivity contribution in [3.05, 3.63) is 0 Å². The predicted octanol–water partition coefficient (Wildman–Crippen LogP) is -0.682. The Morgan fingerprint density at radius 1 is 1.67 bits per heavy atom. The van der Waals surface area contributed by atoms with Gasteiger partial charge in [0.1, 0.15) is 6.04 Å². The summed E-state index contributed by atoms with van der Waals surface area (Å²) >= 11 is 0. The number of amides is 2. The second-order valence-electron chi connectivity index (χ2n) is 4.34. The highest BCUT2D eigenvalue weighted by Crippen LogP contribution is 2.07. The van der Waals surface area contributed by atoms with Gasteiger partial charge >= 0.3 is 0 Å². The molecule has 3 N–H and O–H groups in total. The average molecular weight is 213 g/mol. The number of β-lactam (4-membered cyclic amide) rings is 1. The van der Waals surface area contributed by atoms with Crippen LogP contribution in [-0.2, 0) is 9.59 Å². The van der Waals surface area contributed by atoms with E-state index in [4.69, 9.17) is 5.73 Å². The topological polar surface area (TPSA) is 75.4 Å². The number of nitrogens with two attached hydrogens (primary N) is 1. The second-order valence-corrected chi connectivity index (χ2v) is 4.34. The van der Waals surface area contributed by atoms with Gasteiger partial charge in [-0.25, -0.2) is 0 Å². The van der Waals surface area contributed by atoms with Crippen LogP contribution >= 0.6 is 0 Å². The molecule has 1 saturated heterocycles. The predicted molar refractivity (Wildman–Crippen MR) is 57.0 cm³/mol. The molecule has 86 valence electrons. The van der Waals surface area contributed by atoms with Gasteiger partial charge in [-0.1, -0.05) is 13.8 Å². The van der Waals surface area contributed by atoms with Crippen molar-refractivity contribution in [1.82, 2.24) is 10.2 Å². The number of carbonyl (C=O) groups excluding carboxylic acids is 2. The average Bonchev–Trinajstić information content (AvgIpc) is 2.20. The van der Waals surface area contributed by atoms with E-state index in [0.717, 1.165) is 0 Å². The van der Waals surface area contributed by atoms with Crippen LogP contribution in [0.1, 0.15) is 20.3 Å². The minimum absolute atomic E-state index is 0.00280. The van der Waals surface area contributed by atoms with Crippen molar-refractivity contribution in [1.29, 1.82) is 0 Å². The van der Waals surface area contributed by atoms with Gasteiger partial charge < -0.3 is 16.0 Å². The zero-order chi connectivity index (χ0) is 11.4. The molecule has 0 aromatic heterocycles. The SMILES string of the molecule is CC(C)CNC(=O)CCN1CC(N)C1=O. The Morgan fingerprint density at radius 2 is 2.33 bits per heavy atom. The molecule has 15 heavy (non-hydrogen) atoms. The van der Waals surface area contributed by atoms with E-state index in [1.165, 1.54) is 0 Å². The third-order valence-electron chi connectivity index (χ3n) is 2.36. The van der Waals surface area contributed by atoms with Crippen LogP contribution in [0.15, 0.2) is 0 Å². The summed E-state index contributed by atoms with van der Waals surface area (Å²) in [5.74, 6) is 0.400. The first-order valence-electron chi connectivity index (χ1n) is 5.31. The molecule has 1 unspecified atom stereocenters. The van der Waals surface area contributed by atoms with Gasteiger partial charge in [-0.3, -0.25) is 9.59 Å². The summed E-state index contributed by atoms with van der Waals surface area (Å²) in [5, 5.41) is 2.80. The molecule has 1 aliphatic rings. The molecular weight excluding hydrogens is 194 g/mol. The third-order valence-corrected chi connectivity index (χ3v) is 2.36. The molecule has 0 aromatic rings. The van der Waals surface area contributed by atoms with Crippen molar-refractivity contribution in [3.63, 3.8) is 0 Å². The van der Waals surface area contributed by atoms with E-state index in [1.54, 1.807) is 4.90 Å². The highest BCUT2D eigenvalue weighted by Gasteiger charge is 2.32. The van der Waals surface area contributed by atoms with Crippen LogP contribution in [0.3, 0.4) is 0 Å². The van der Waals surface area contributed by atoms with Gasteiger partial charge in [0.15, 0.2) is 0 Å². The summed E-state index contributed by atoms with van der Waals surface area (Å²) in [7, 11) is 0. The van der Waals surface area contributed by atoms with E-state index in [1.807, 2.05) is 13.8 Å². The van der Waals surface area contributed by atoms with Gasteiger partial charge in [-0.15, -0.1) is 0 Å². The summed E-state index contributed by atoms with van der Waals surface area (Å²) in [6, 6.07) is -0.344. The van der Waals surface area contributed by atoms with Crippen LogP contribution in [0.25, 0.3) is 0 Å². The first kappa shape index (κ1) is 12.0. The van der Waals surface area contributed by atoms with E-state index < -0.39 is 0 Å². The molecule has 0 spiro atoms. The maximum atomic E-state index is 11.3. The summed E-state index contributed by atoms with van der Waals surface area (Å²) in [5.41, 5.74) is 5.43. The smallest absolute Gasteiger partial charge is 0.241 e. The molecule has 1 fully saturated rings. The van der Waals surface area contributed by atoms with E-state index in [9.17, 15) is 9.59 Å². The molecule has 5 heteroatoms. The molecule has 0 radical (unpaired) electrons. The summed E-state index contributed by atoms with van der Waals surface area (Å²) in [6.07, 6.45) is 0.366. The first-order chi connectivity index (χ1) is 7.00. The molecule has 0 aromatic carbocycles. The Hall–Kier alpha value is -1.10. The molecule has 0 aliphatic carbocycles. The monoisotopic (exact) mass is 213 g/mol. The zero-order valence-corrected chi connectivity index (χ0v) is 9.32. The number of likely N-dealkylation sites (tertiary alicyclic amines) is 1. The lowest BCUT2D eigenvalue weighted by Crippen LogP contribution is -2.61. The van der Waals surface area contributed by atoms with Crippen LogP contribution in [0.2, 0.25) is 0 Å². The number of hydrogen-bond donors (Lipinski definition) is 2.